The van der Waals surface area contributed by atoms with E-state index in [1.165, 1.54) is 77.0 Å². The first-order chi connectivity index (χ1) is 21.0. The van der Waals surface area contributed by atoms with Gasteiger partial charge in [-0.1, -0.05) is 136 Å². The Morgan fingerprint density at radius 1 is 0.465 bits per heavy atom. The summed E-state index contributed by atoms with van der Waals surface area (Å²) in [5.74, 6) is -1.23. The maximum atomic E-state index is 12.4. The standard InChI is InChI=1S/C36H64O7/c1-5-9-12-15-18-21-24-27-41-32-30(36(38)39)31(37)33(40-8-4)35(43-29-26-23-20-17-14-11-7-3)34(32)42-28-25-22-19-16-13-10-6-2/h37H,5-29H2,1-4H3,(H,38,39). The van der Waals surface area contributed by atoms with Gasteiger partial charge in [0.2, 0.25) is 17.2 Å². The predicted molar refractivity (Wildman–Crippen MR) is 177 cm³/mol. The molecule has 0 fully saturated rings. The van der Waals surface area contributed by atoms with Gasteiger partial charge in [-0.2, -0.15) is 0 Å². The van der Waals surface area contributed by atoms with Crippen molar-refractivity contribution in [2.45, 2.75) is 163 Å². The highest BCUT2D eigenvalue weighted by atomic mass is 16.6. The van der Waals surface area contributed by atoms with E-state index in [0.29, 0.717) is 19.8 Å². The number of unbranched alkanes of at least 4 members (excludes halogenated alkanes) is 18. The van der Waals surface area contributed by atoms with Crippen LogP contribution < -0.4 is 18.9 Å². The Kier molecular flexibility index (Phi) is 23.5. The quantitative estimate of drug-likeness (QED) is 0.0839. The first-order valence-electron chi connectivity index (χ1n) is 17.7. The van der Waals surface area contributed by atoms with Gasteiger partial charge < -0.3 is 29.2 Å². The van der Waals surface area contributed by atoms with Crippen LogP contribution in [0, 0.1) is 0 Å². The molecule has 0 heterocycles. The Labute approximate surface area is 263 Å². The highest BCUT2D eigenvalue weighted by Crippen LogP contribution is 2.53. The molecular formula is C36H64O7. The van der Waals surface area contributed by atoms with Gasteiger partial charge in [0, 0.05) is 0 Å². The molecule has 0 aliphatic rings. The zero-order valence-corrected chi connectivity index (χ0v) is 28.1. The molecule has 0 bridgehead atoms. The highest BCUT2D eigenvalue weighted by molar-refractivity contribution is 5.97. The molecule has 0 saturated heterocycles. The van der Waals surface area contributed by atoms with E-state index in [0.717, 1.165) is 57.8 Å². The van der Waals surface area contributed by atoms with Gasteiger partial charge >= 0.3 is 5.97 Å². The van der Waals surface area contributed by atoms with Crippen LogP contribution in [-0.4, -0.2) is 42.6 Å². The van der Waals surface area contributed by atoms with Gasteiger partial charge in [0.15, 0.2) is 17.1 Å². The van der Waals surface area contributed by atoms with E-state index < -0.39 is 11.7 Å². The number of benzene rings is 1. The van der Waals surface area contributed by atoms with Crippen LogP contribution >= 0.6 is 0 Å². The van der Waals surface area contributed by atoms with Crippen LogP contribution in [-0.2, 0) is 0 Å². The minimum atomic E-state index is -1.28. The molecule has 1 aromatic carbocycles. The second-order valence-corrected chi connectivity index (χ2v) is 11.7. The first-order valence-corrected chi connectivity index (χ1v) is 17.7. The van der Waals surface area contributed by atoms with Crippen LogP contribution in [0.3, 0.4) is 0 Å². The van der Waals surface area contributed by atoms with Crippen LogP contribution in [0.5, 0.6) is 28.7 Å². The Morgan fingerprint density at radius 3 is 1.14 bits per heavy atom. The lowest BCUT2D eigenvalue weighted by Crippen LogP contribution is -2.12. The van der Waals surface area contributed by atoms with E-state index in [1.807, 2.05) is 0 Å². The lowest BCUT2D eigenvalue weighted by atomic mass is 10.1. The summed E-state index contributed by atoms with van der Waals surface area (Å²) in [5, 5.41) is 21.2. The Balaban J connectivity index is 3.11. The number of carboxylic acid groups (broad SMARTS) is 1. The van der Waals surface area contributed by atoms with Crippen LogP contribution in [0.1, 0.15) is 173 Å². The van der Waals surface area contributed by atoms with Crippen molar-refractivity contribution in [2.24, 2.45) is 0 Å². The fraction of sp³-hybridized carbons (Fsp3) is 0.806. The Morgan fingerprint density at radius 2 is 0.791 bits per heavy atom. The summed E-state index contributed by atoms with van der Waals surface area (Å²) >= 11 is 0. The highest BCUT2D eigenvalue weighted by Gasteiger charge is 2.32. The number of ether oxygens (including phenoxy) is 4. The summed E-state index contributed by atoms with van der Waals surface area (Å²) in [6.07, 6.45) is 23.8. The van der Waals surface area contributed by atoms with Crippen molar-refractivity contribution < 1.29 is 34.0 Å². The summed E-state index contributed by atoms with van der Waals surface area (Å²) in [5.41, 5.74) is -0.329. The molecule has 0 atom stereocenters. The third-order valence-corrected chi connectivity index (χ3v) is 7.78. The summed E-state index contributed by atoms with van der Waals surface area (Å²) in [4.78, 5) is 12.4. The largest absolute Gasteiger partial charge is 0.503 e. The number of aromatic hydroxyl groups is 1. The van der Waals surface area contributed by atoms with Gasteiger partial charge in [-0.25, -0.2) is 4.79 Å². The molecule has 0 unspecified atom stereocenters. The van der Waals surface area contributed by atoms with Gasteiger partial charge in [-0.15, -0.1) is 0 Å². The molecular weight excluding hydrogens is 544 g/mol. The maximum absolute atomic E-state index is 12.4. The predicted octanol–water partition coefficient (Wildman–Crippen LogP) is 10.9. The minimum Gasteiger partial charge on any atom is -0.503 e. The van der Waals surface area contributed by atoms with Gasteiger partial charge in [0.1, 0.15) is 0 Å². The van der Waals surface area contributed by atoms with E-state index in [9.17, 15) is 15.0 Å². The fourth-order valence-corrected chi connectivity index (χ4v) is 5.23. The molecule has 0 radical (unpaired) electrons. The molecule has 2 N–H and O–H groups in total. The van der Waals surface area contributed by atoms with Crippen molar-refractivity contribution in [2.75, 3.05) is 26.4 Å². The van der Waals surface area contributed by atoms with Crippen LogP contribution in [0.25, 0.3) is 0 Å². The normalized spacial score (nSPS) is 11.1. The lowest BCUT2D eigenvalue weighted by molar-refractivity contribution is 0.0685. The third kappa shape index (κ3) is 16.4. The number of carboxylic acids is 1. The maximum Gasteiger partial charge on any atom is 0.343 e. The second-order valence-electron chi connectivity index (χ2n) is 11.7. The molecule has 43 heavy (non-hydrogen) atoms. The Bertz CT molecular complexity index is 840. The summed E-state index contributed by atoms with van der Waals surface area (Å²) in [6.45, 7) is 9.85. The van der Waals surface area contributed by atoms with Crippen molar-refractivity contribution in [3.8, 4) is 28.7 Å². The average molecular weight is 609 g/mol. The number of carbonyl (C=O) groups is 1. The number of aromatic carboxylic acids is 1. The monoisotopic (exact) mass is 608 g/mol. The molecule has 0 aliphatic heterocycles. The molecule has 0 saturated carbocycles. The molecule has 0 spiro atoms. The topological polar surface area (TPSA) is 94.5 Å². The van der Waals surface area contributed by atoms with Gasteiger partial charge in [-0.05, 0) is 26.2 Å². The third-order valence-electron chi connectivity index (χ3n) is 7.78. The van der Waals surface area contributed by atoms with Gasteiger partial charge in [0.25, 0.3) is 0 Å². The van der Waals surface area contributed by atoms with Gasteiger partial charge in [0.05, 0.1) is 26.4 Å². The van der Waals surface area contributed by atoms with E-state index in [1.54, 1.807) is 6.92 Å². The molecule has 0 aliphatic carbocycles. The number of phenols is 1. The Hall–Kier alpha value is -2.31. The fourth-order valence-electron chi connectivity index (χ4n) is 5.23. The number of hydrogen-bond acceptors (Lipinski definition) is 6. The van der Waals surface area contributed by atoms with Gasteiger partial charge in [-0.3, -0.25) is 0 Å². The average Bonchev–Trinajstić information content (AvgIpc) is 2.99. The van der Waals surface area contributed by atoms with E-state index in [-0.39, 0.29) is 35.2 Å². The van der Waals surface area contributed by atoms with E-state index in [4.69, 9.17) is 18.9 Å². The lowest BCUT2D eigenvalue weighted by Gasteiger charge is -2.22. The molecule has 7 heteroatoms. The molecule has 7 nitrogen and oxygen atoms in total. The zero-order valence-electron chi connectivity index (χ0n) is 28.1. The minimum absolute atomic E-state index is 0.0145. The van der Waals surface area contributed by atoms with E-state index >= 15 is 0 Å². The molecule has 0 aromatic heterocycles. The number of rotatable bonds is 30. The van der Waals surface area contributed by atoms with E-state index in [2.05, 4.69) is 20.8 Å². The summed E-state index contributed by atoms with van der Waals surface area (Å²) in [7, 11) is 0. The van der Waals surface area contributed by atoms with Crippen molar-refractivity contribution in [3.05, 3.63) is 5.56 Å². The van der Waals surface area contributed by atoms with Crippen molar-refractivity contribution in [1.29, 1.82) is 0 Å². The van der Waals surface area contributed by atoms with Crippen molar-refractivity contribution in [3.63, 3.8) is 0 Å². The molecule has 1 aromatic rings. The second kappa shape index (κ2) is 26.1. The smallest absolute Gasteiger partial charge is 0.343 e. The van der Waals surface area contributed by atoms with Crippen LogP contribution in [0.4, 0.5) is 0 Å². The van der Waals surface area contributed by atoms with Crippen LogP contribution in [0.2, 0.25) is 0 Å². The molecule has 250 valence electrons. The SMILES string of the molecule is CCCCCCCCCOc1c(OCC)c(O)c(C(=O)O)c(OCCCCCCCCC)c1OCCCCCCCCC. The van der Waals surface area contributed by atoms with Crippen molar-refractivity contribution >= 4 is 5.97 Å². The van der Waals surface area contributed by atoms with Crippen molar-refractivity contribution in [1.82, 2.24) is 0 Å². The zero-order chi connectivity index (χ0) is 31.5. The molecule has 0 amide bonds. The molecule has 1 rings (SSSR count). The number of hydrogen-bond donors (Lipinski definition) is 2. The summed E-state index contributed by atoms with van der Waals surface area (Å²) in [6, 6.07) is 0. The summed E-state index contributed by atoms with van der Waals surface area (Å²) < 4.78 is 24.4. The van der Waals surface area contributed by atoms with Crippen LogP contribution in [0.15, 0.2) is 0 Å². The first kappa shape index (κ1) is 38.7.